The van der Waals surface area contributed by atoms with Crippen LogP contribution in [0.2, 0.25) is 0 Å². The van der Waals surface area contributed by atoms with Crippen LogP contribution in [0.15, 0.2) is 0 Å². The van der Waals surface area contributed by atoms with Crippen LogP contribution in [0.1, 0.15) is 52.4 Å². The molecule has 2 fully saturated rings. The first-order valence-electron chi connectivity index (χ1n) is 7.02. The molecule has 0 radical (unpaired) electrons. The van der Waals surface area contributed by atoms with Gasteiger partial charge in [-0.2, -0.15) is 0 Å². The molecule has 2 aliphatic rings. The monoisotopic (exact) mass is 224 g/mol. The van der Waals surface area contributed by atoms with Gasteiger partial charge in [0, 0.05) is 18.6 Å². The van der Waals surface area contributed by atoms with E-state index in [-0.39, 0.29) is 0 Å². The fraction of sp³-hybridized carbons (Fsp3) is 1.00. The summed E-state index contributed by atoms with van der Waals surface area (Å²) in [5, 5.41) is 3.43. The third kappa shape index (κ3) is 2.98. The van der Waals surface area contributed by atoms with Crippen LogP contribution in [-0.4, -0.2) is 37.1 Å². The lowest BCUT2D eigenvalue weighted by atomic mass is 9.81. The lowest BCUT2D eigenvalue weighted by Gasteiger charge is -2.44. The summed E-state index contributed by atoms with van der Waals surface area (Å²) in [6, 6.07) is 1.67. The van der Waals surface area contributed by atoms with Crippen LogP contribution in [0.25, 0.3) is 0 Å². The molecule has 1 heterocycles. The Morgan fingerprint density at radius 1 is 1.12 bits per heavy atom. The molecule has 16 heavy (non-hydrogen) atoms. The Morgan fingerprint density at radius 3 is 2.38 bits per heavy atom. The largest absolute Gasteiger partial charge is 0.317 e. The molecular formula is C14H28N2. The van der Waals surface area contributed by atoms with E-state index in [1.807, 2.05) is 0 Å². The standard InChI is InChI=1S/C14H28N2/c1-14(2)9-4-10-16(11-14)13-7-5-12(15-3)6-8-13/h12-13,15H,4-11H2,1-3H3. The van der Waals surface area contributed by atoms with Crippen molar-refractivity contribution in [3.8, 4) is 0 Å². The average molecular weight is 224 g/mol. The SMILES string of the molecule is CNC1CCC(N2CCCC(C)(C)C2)CC1. The van der Waals surface area contributed by atoms with Crippen molar-refractivity contribution >= 4 is 0 Å². The number of hydrogen-bond donors (Lipinski definition) is 1. The Balaban J connectivity index is 1.84. The van der Waals surface area contributed by atoms with Crippen LogP contribution < -0.4 is 5.32 Å². The van der Waals surface area contributed by atoms with Crippen molar-refractivity contribution in [3.63, 3.8) is 0 Å². The zero-order valence-corrected chi connectivity index (χ0v) is 11.3. The quantitative estimate of drug-likeness (QED) is 0.776. The van der Waals surface area contributed by atoms with Crippen LogP contribution >= 0.6 is 0 Å². The minimum absolute atomic E-state index is 0.554. The van der Waals surface area contributed by atoms with Crippen LogP contribution in [0, 0.1) is 5.41 Å². The number of likely N-dealkylation sites (tertiary alicyclic amines) is 1. The molecule has 94 valence electrons. The highest BCUT2D eigenvalue weighted by molar-refractivity contribution is 4.87. The molecule has 2 heteroatoms. The summed E-state index contributed by atoms with van der Waals surface area (Å²) in [5.41, 5.74) is 0.554. The van der Waals surface area contributed by atoms with Gasteiger partial charge in [0.2, 0.25) is 0 Å². The second kappa shape index (κ2) is 5.05. The van der Waals surface area contributed by atoms with E-state index in [2.05, 4.69) is 31.1 Å². The first-order valence-corrected chi connectivity index (χ1v) is 7.02. The predicted octanol–water partition coefficient (Wildman–Crippen LogP) is 2.64. The normalized spacial score (nSPS) is 36.2. The Labute approximate surface area is 101 Å². The van der Waals surface area contributed by atoms with E-state index in [1.165, 1.54) is 51.6 Å². The zero-order valence-electron chi connectivity index (χ0n) is 11.3. The Morgan fingerprint density at radius 2 is 1.81 bits per heavy atom. The maximum atomic E-state index is 3.43. The van der Waals surface area contributed by atoms with Gasteiger partial charge in [0.1, 0.15) is 0 Å². The van der Waals surface area contributed by atoms with E-state index in [0.29, 0.717) is 5.41 Å². The molecule has 1 saturated heterocycles. The smallest absolute Gasteiger partial charge is 0.00966 e. The Hall–Kier alpha value is -0.0800. The second-order valence-corrected chi connectivity index (χ2v) is 6.53. The van der Waals surface area contributed by atoms with Crippen molar-refractivity contribution in [1.82, 2.24) is 10.2 Å². The molecule has 0 aromatic heterocycles. The van der Waals surface area contributed by atoms with Gasteiger partial charge in [0.15, 0.2) is 0 Å². The van der Waals surface area contributed by atoms with Crippen LogP contribution in [0.3, 0.4) is 0 Å². The van der Waals surface area contributed by atoms with Gasteiger partial charge >= 0.3 is 0 Å². The van der Waals surface area contributed by atoms with E-state index >= 15 is 0 Å². The molecule has 0 spiro atoms. The second-order valence-electron chi connectivity index (χ2n) is 6.53. The summed E-state index contributed by atoms with van der Waals surface area (Å²) in [5.74, 6) is 0. The van der Waals surface area contributed by atoms with Crippen molar-refractivity contribution in [1.29, 1.82) is 0 Å². The van der Waals surface area contributed by atoms with Gasteiger partial charge in [-0.05, 0) is 57.5 Å². The molecule has 0 aromatic carbocycles. The first kappa shape index (κ1) is 12.4. The summed E-state index contributed by atoms with van der Waals surface area (Å²) >= 11 is 0. The number of nitrogens with zero attached hydrogens (tertiary/aromatic N) is 1. The van der Waals surface area contributed by atoms with Gasteiger partial charge in [-0.1, -0.05) is 13.8 Å². The molecule has 0 unspecified atom stereocenters. The molecule has 1 aliphatic heterocycles. The fourth-order valence-electron chi connectivity index (χ4n) is 3.51. The predicted molar refractivity (Wildman–Crippen MR) is 69.7 cm³/mol. The van der Waals surface area contributed by atoms with Crippen molar-refractivity contribution in [2.75, 3.05) is 20.1 Å². The molecular weight excluding hydrogens is 196 g/mol. The number of hydrogen-bond acceptors (Lipinski definition) is 2. The van der Waals surface area contributed by atoms with E-state index in [1.54, 1.807) is 0 Å². The van der Waals surface area contributed by atoms with Gasteiger partial charge in [0.25, 0.3) is 0 Å². The summed E-state index contributed by atoms with van der Waals surface area (Å²) in [7, 11) is 2.11. The number of nitrogens with one attached hydrogen (secondary N) is 1. The minimum atomic E-state index is 0.554. The van der Waals surface area contributed by atoms with E-state index in [0.717, 1.165) is 12.1 Å². The molecule has 2 nitrogen and oxygen atoms in total. The maximum absolute atomic E-state index is 3.43. The van der Waals surface area contributed by atoms with Gasteiger partial charge in [-0.15, -0.1) is 0 Å². The van der Waals surface area contributed by atoms with Crippen molar-refractivity contribution in [2.24, 2.45) is 5.41 Å². The number of piperidine rings is 1. The third-order valence-electron chi connectivity index (χ3n) is 4.55. The van der Waals surface area contributed by atoms with Gasteiger partial charge in [-0.3, -0.25) is 4.90 Å². The van der Waals surface area contributed by atoms with E-state index in [9.17, 15) is 0 Å². The molecule has 1 saturated carbocycles. The molecule has 0 bridgehead atoms. The highest BCUT2D eigenvalue weighted by atomic mass is 15.2. The van der Waals surface area contributed by atoms with Crippen LogP contribution in [0.4, 0.5) is 0 Å². The van der Waals surface area contributed by atoms with E-state index in [4.69, 9.17) is 0 Å². The maximum Gasteiger partial charge on any atom is 0.00966 e. The molecule has 1 N–H and O–H groups in total. The number of rotatable bonds is 2. The van der Waals surface area contributed by atoms with Crippen molar-refractivity contribution in [3.05, 3.63) is 0 Å². The van der Waals surface area contributed by atoms with Crippen molar-refractivity contribution in [2.45, 2.75) is 64.5 Å². The fourth-order valence-corrected chi connectivity index (χ4v) is 3.51. The lowest BCUT2D eigenvalue weighted by molar-refractivity contribution is 0.0575. The Kier molecular flexibility index (Phi) is 3.91. The molecule has 0 aromatic rings. The Bertz CT molecular complexity index is 217. The molecule has 1 aliphatic carbocycles. The van der Waals surface area contributed by atoms with Crippen LogP contribution in [-0.2, 0) is 0 Å². The summed E-state index contributed by atoms with van der Waals surface area (Å²) in [4.78, 5) is 2.77. The van der Waals surface area contributed by atoms with Gasteiger partial charge in [-0.25, -0.2) is 0 Å². The van der Waals surface area contributed by atoms with Crippen LogP contribution in [0.5, 0.6) is 0 Å². The summed E-state index contributed by atoms with van der Waals surface area (Å²) < 4.78 is 0. The molecule has 0 atom stereocenters. The summed E-state index contributed by atoms with van der Waals surface area (Å²) in [6.07, 6.45) is 8.37. The third-order valence-corrected chi connectivity index (χ3v) is 4.55. The van der Waals surface area contributed by atoms with E-state index < -0.39 is 0 Å². The highest BCUT2D eigenvalue weighted by Crippen LogP contribution is 2.33. The molecule has 0 amide bonds. The average Bonchev–Trinajstić information content (AvgIpc) is 2.28. The first-order chi connectivity index (χ1) is 7.61. The zero-order chi connectivity index (χ0) is 11.6. The molecule has 2 rings (SSSR count). The van der Waals surface area contributed by atoms with Gasteiger partial charge in [0.05, 0.1) is 0 Å². The highest BCUT2D eigenvalue weighted by Gasteiger charge is 2.32. The minimum Gasteiger partial charge on any atom is -0.317 e. The van der Waals surface area contributed by atoms with Gasteiger partial charge < -0.3 is 5.32 Å². The van der Waals surface area contributed by atoms with Crippen molar-refractivity contribution < 1.29 is 0 Å². The summed E-state index contributed by atoms with van der Waals surface area (Å²) in [6.45, 7) is 7.52. The lowest BCUT2D eigenvalue weighted by Crippen LogP contribution is -2.48. The topological polar surface area (TPSA) is 15.3 Å².